The molecule has 1 amide bonds. The molecule has 1 heterocycles. The molecule has 0 radical (unpaired) electrons. The van der Waals surface area contributed by atoms with E-state index in [9.17, 15) is 9.59 Å². The summed E-state index contributed by atoms with van der Waals surface area (Å²) in [5.74, 6) is -1.14. The van der Waals surface area contributed by atoms with E-state index in [4.69, 9.17) is 28.3 Å². The van der Waals surface area contributed by atoms with E-state index in [0.717, 1.165) is 0 Å². The number of amides is 1. The Morgan fingerprint density at radius 1 is 1.47 bits per heavy atom. The second-order valence-electron chi connectivity index (χ2n) is 3.52. The average molecular weight is 324 g/mol. The number of hydrogen-bond donors (Lipinski definition) is 2. The Balaban J connectivity index is 2.81. The fourth-order valence-corrected chi connectivity index (χ4v) is 2.04. The summed E-state index contributed by atoms with van der Waals surface area (Å²) in [4.78, 5) is 22.9. The molecule has 9 heteroatoms. The SMILES string of the molecule is CSCCC(NC(=O)c1cc(Cl)nnc1Cl)C(=O)O. The number of nitrogens with one attached hydrogen (secondary N) is 1. The summed E-state index contributed by atoms with van der Waals surface area (Å²) < 4.78 is 0. The van der Waals surface area contributed by atoms with Crippen LogP contribution in [0.4, 0.5) is 0 Å². The van der Waals surface area contributed by atoms with E-state index >= 15 is 0 Å². The molecule has 1 aromatic rings. The first-order chi connectivity index (χ1) is 8.95. The number of carbonyl (C=O) groups excluding carboxylic acids is 1. The van der Waals surface area contributed by atoms with Gasteiger partial charge in [-0.25, -0.2) is 4.79 Å². The van der Waals surface area contributed by atoms with Crippen LogP contribution in [0.3, 0.4) is 0 Å². The van der Waals surface area contributed by atoms with E-state index in [1.54, 1.807) is 0 Å². The summed E-state index contributed by atoms with van der Waals surface area (Å²) in [5, 5.41) is 18.2. The van der Waals surface area contributed by atoms with Crippen molar-refractivity contribution in [1.82, 2.24) is 15.5 Å². The lowest BCUT2D eigenvalue weighted by Gasteiger charge is -2.14. The summed E-state index contributed by atoms with van der Waals surface area (Å²) in [7, 11) is 0. The standard InChI is InChI=1S/C10H11Cl2N3O3S/c1-19-3-2-6(10(17)18)13-9(16)5-4-7(11)14-15-8(5)12/h4,6H,2-3H2,1H3,(H,13,16)(H,17,18). The van der Waals surface area contributed by atoms with Crippen LogP contribution in [0.2, 0.25) is 10.3 Å². The van der Waals surface area contributed by atoms with E-state index in [2.05, 4.69) is 15.5 Å². The highest BCUT2D eigenvalue weighted by molar-refractivity contribution is 7.98. The number of rotatable bonds is 6. The van der Waals surface area contributed by atoms with Crippen LogP contribution in [0.1, 0.15) is 16.8 Å². The van der Waals surface area contributed by atoms with Crippen molar-refractivity contribution in [2.75, 3.05) is 12.0 Å². The average Bonchev–Trinajstić information content (AvgIpc) is 2.36. The Kier molecular flexibility index (Phi) is 6.33. The number of thioether (sulfide) groups is 1. The summed E-state index contributed by atoms with van der Waals surface area (Å²) >= 11 is 12.8. The number of aromatic nitrogens is 2. The van der Waals surface area contributed by atoms with Crippen LogP contribution in [0.25, 0.3) is 0 Å². The molecule has 0 aliphatic carbocycles. The molecule has 19 heavy (non-hydrogen) atoms. The van der Waals surface area contributed by atoms with Crippen LogP contribution in [-0.2, 0) is 4.79 Å². The van der Waals surface area contributed by atoms with Crippen LogP contribution < -0.4 is 5.32 Å². The van der Waals surface area contributed by atoms with Crippen molar-refractivity contribution >= 4 is 46.8 Å². The van der Waals surface area contributed by atoms with E-state index in [1.807, 2.05) is 6.26 Å². The van der Waals surface area contributed by atoms with Gasteiger partial charge >= 0.3 is 5.97 Å². The molecule has 0 saturated heterocycles. The summed E-state index contributed by atoms with van der Waals surface area (Å²) in [6, 6.07) is 0.252. The topological polar surface area (TPSA) is 92.2 Å². The van der Waals surface area contributed by atoms with Gasteiger partial charge in [-0.3, -0.25) is 4.79 Å². The van der Waals surface area contributed by atoms with Gasteiger partial charge < -0.3 is 10.4 Å². The quantitative estimate of drug-likeness (QED) is 0.828. The Morgan fingerprint density at radius 2 is 2.16 bits per heavy atom. The highest BCUT2D eigenvalue weighted by atomic mass is 35.5. The largest absolute Gasteiger partial charge is 0.480 e. The Morgan fingerprint density at radius 3 is 2.74 bits per heavy atom. The highest BCUT2D eigenvalue weighted by Crippen LogP contribution is 2.15. The molecule has 104 valence electrons. The van der Waals surface area contributed by atoms with Crippen molar-refractivity contribution in [3.05, 3.63) is 21.9 Å². The molecular weight excluding hydrogens is 313 g/mol. The molecule has 1 unspecified atom stereocenters. The van der Waals surface area contributed by atoms with Crippen molar-refractivity contribution < 1.29 is 14.7 Å². The third-order valence-electron chi connectivity index (χ3n) is 2.18. The molecule has 0 saturated carbocycles. The fourth-order valence-electron chi connectivity index (χ4n) is 1.24. The molecule has 0 bridgehead atoms. The number of nitrogens with zero attached hydrogens (tertiary/aromatic N) is 2. The van der Waals surface area contributed by atoms with E-state index < -0.39 is 17.9 Å². The number of carboxylic acid groups (broad SMARTS) is 1. The van der Waals surface area contributed by atoms with Gasteiger partial charge in [0.25, 0.3) is 5.91 Å². The number of carboxylic acids is 1. The zero-order valence-electron chi connectivity index (χ0n) is 9.89. The van der Waals surface area contributed by atoms with Gasteiger partial charge in [0, 0.05) is 0 Å². The third-order valence-corrected chi connectivity index (χ3v) is 3.29. The minimum absolute atomic E-state index is 0.00271. The fraction of sp³-hybridized carbons (Fsp3) is 0.400. The maximum Gasteiger partial charge on any atom is 0.326 e. The zero-order valence-corrected chi connectivity index (χ0v) is 12.2. The Hall–Kier alpha value is -1.05. The lowest BCUT2D eigenvalue weighted by molar-refractivity contribution is -0.139. The smallest absolute Gasteiger partial charge is 0.326 e. The molecule has 0 aliphatic rings. The minimum atomic E-state index is -1.10. The first-order valence-electron chi connectivity index (χ1n) is 5.17. The van der Waals surface area contributed by atoms with Gasteiger partial charge in [0.15, 0.2) is 10.3 Å². The molecule has 2 N–H and O–H groups in total. The maximum atomic E-state index is 11.9. The first-order valence-corrected chi connectivity index (χ1v) is 7.32. The Labute approximate surface area is 123 Å². The number of hydrogen-bond acceptors (Lipinski definition) is 5. The zero-order chi connectivity index (χ0) is 14.4. The number of aliphatic carboxylic acids is 1. The number of carbonyl (C=O) groups is 2. The van der Waals surface area contributed by atoms with Crippen LogP contribution in [0.15, 0.2) is 6.07 Å². The van der Waals surface area contributed by atoms with Crippen LogP contribution >= 0.6 is 35.0 Å². The van der Waals surface area contributed by atoms with Crippen molar-refractivity contribution in [1.29, 1.82) is 0 Å². The normalized spacial score (nSPS) is 11.9. The predicted molar refractivity (Wildman–Crippen MR) is 73.9 cm³/mol. The van der Waals surface area contributed by atoms with Gasteiger partial charge in [0.1, 0.15) is 6.04 Å². The van der Waals surface area contributed by atoms with Crippen LogP contribution in [0, 0.1) is 0 Å². The molecule has 0 aromatic carbocycles. The summed E-state index contributed by atoms with van der Waals surface area (Å²) in [6.45, 7) is 0. The van der Waals surface area contributed by atoms with Gasteiger partial charge in [-0.1, -0.05) is 23.2 Å². The van der Waals surface area contributed by atoms with Crippen molar-refractivity contribution in [2.24, 2.45) is 0 Å². The minimum Gasteiger partial charge on any atom is -0.480 e. The molecule has 6 nitrogen and oxygen atoms in total. The van der Waals surface area contributed by atoms with Gasteiger partial charge in [-0.15, -0.1) is 10.2 Å². The molecule has 0 spiro atoms. The molecule has 0 aliphatic heterocycles. The van der Waals surface area contributed by atoms with E-state index in [-0.39, 0.29) is 15.9 Å². The number of halogens is 2. The van der Waals surface area contributed by atoms with Crippen molar-refractivity contribution in [3.63, 3.8) is 0 Å². The summed E-state index contributed by atoms with van der Waals surface area (Å²) in [5.41, 5.74) is -0.00271. The third kappa shape index (κ3) is 4.85. The lowest BCUT2D eigenvalue weighted by atomic mass is 10.2. The van der Waals surface area contributed by atoms with Gasteiger partial charge in [0.05, 0.1) is 5.56 Å². The monoisotopic (exact) mass is 323 g/mol. The lowest BCUT2D eigenvalue weighted by Crippen LogP contribution is -2.41. The predicted octanol–water partition coefficient (Wildman–Crippen LogP) is 1.72. The van der Waals surface area contributed by atoms with Crippen LogP contribution in [-0.4, -0.2) is 45.2 Å². The van der Waals surface area contributed by atoms with Gasteiger partial charge in [-0.2, -0.15) is 11.8 Å². The second-order valence-corrected chi connectivity index (χ2v) is 5.25. The molecule has 1 rings (SSSR count). The van der Waals surface area contributed by atoms with Crippen molar-refractivity contribution in [2.45, 2.75) is 12.5 Å². The summed E-state index contributed by atoms with van der Waals surface area (Å²) in [6.07, 6.45) is 2.16. The Bertz CT molecular complexity index is 487. The molecule has 1 aromatic heterocycles. The van der Waals surface area contributed by atoms with Gasteiger partial charge in [0.2, 0.25) is 0 Å². The van der Waals surface area contributed by atoms with Gasteiger partial charge in [-0.05, 0) is 24.5 Å². The van der Waals surface area contributed by atoms with E-state index in [0.29, 0.717) is 12.2 Å². The van der Waals surface area contributed by atoms with E-state index in [1.165, 1.54) is 17.8 Å². The molecule has 1 atom stereocenters. The molecule has 0 fully saturated rings. The maximum absolute atomic E-state index is 11.9. The van der Waals surface area contributed by atoms with Crippen molar-refractivity contribution in [3.8, 4) is 0 Å². The first kappa shape index (κ1) is 16.0. The molecular formula is C10H11Cl2N3O3S. The van der Waals surface area contributed by atoms with Crippen LogP contribution in [0.5, 0.6) is 0 Å². The second kappa shape index (κ2) is 7.52. The highest BCUT2D eigenvalue weighted by Gasteiger charge is 2.22.